The first kappa shape index (κ1) is 13.7. The Morgan fingerprint density at radius 3 is 2.76 bits per heavy atom. The van der Waals surface area contributed by atoms with E-state index in [1.54, 1.807) is 36.5 Å². The van der Waals surface area contributed by atoms with Gasteiger partial charge in [-0.25, -0.2) is 4.39 Å². The van der Waals surface area contributed by atoms with Crippen molar-refractivity contribution in [3.63, 3.8) is 0 Å². The minimum absolute atomic E-state index is 0.104. The highest BCUT2D eigenvalue weighted by Crippen LogP contribution is 2.28. The van der Waals surface area contributed by atoms with Crippen molar-refractivity contribution in [1.29, 1.82) is 0 Å². The van der Waals surface area contributed by atoms with Crippen LogP contribution >= 0.6 is 11.3 Å². The van der Waals surface area contributed by atoms with Gasteiger partial charge in [-0.2, -0.15) is 0 Å². The third-order valence-electron chi connectivity index (χ3n) is 3.23. The van der Waals surface area contributed by atoms with E-state index in [0.29, 0.717) is 16.8 Å². The number of rotatable bonds is 3. The Bertz CT molecular complexity index is 785. The van der Waals surface area contributed by atoms with Gasteiger partial charge in [-0.1, -0.05) is 6.07 Å². The maximum Gasteiger partial charge on any atom is 0.264 e. The first-order valence-corrected chi connectivity index (χ1v) is 7.29. The molecular formula is C16H13FN2OS. The van der Waals surface area contributed by atoms with Gasteiger partial charge in [0.25, 0.3) is 5.91 Å². The fraction of sp³-hybridized carbons (Fsp3) is 0.125. The van der Waals surface area contributed by atoms with E-state index in [-0.39, 0.29) is 11.7 Å². The van der Waals surface area contributed by atoms with Gasteiger partial charge in [-0.3, -0.25) is 9.78 Å². The second kappa shape index (κ2) is 5.61. The first-order valence-electron chi connectivity index (χ1n) is 6.47. The number of fused-ring (bicyclic) bond motifs is 1. The lowest BCUT2D eigenvalue weighted by atomic mass is 10.2. The summed E-state index contributed by atoms with van der Waals surface area (Å²) in [4.78, 5) is 18.6. The summed E-state index contributed by atoms with van der Waals surface area (Å²) in [6.45, 7) is 0.498. The van der Waals surface area contributed by atoms with Crippen LogP contribution in [0.4, 0.5) is 4.39 Å². The van der Waals surface area contributed by atoms with Gasteiger partial charge in [0.2, 0.25) is 0 Å². The Balaban J connectivity index is 1.84. The van der Waals surface area contributed by atoms with Crippen LogP contribution in [-0.4, -0.2) is 22.8 Å². The van der Waals surface area contributed by atoms with Gasteiger partial charge >= 0.3 is 0 Å². The van der Waals surface area contributed by atoms with Crippen LogP contribution in [0.5, 0.6) is 0 Å². The molecule has 3 nitrogen and oxygen atoms in total. The van der Waals surface area contributed by atoms with Crippen molar-refractivity contribution >= 4 is 27.3 Å². The van der Waals surface area contributed by atoms with Gasteiger partial charge in [0, 0.05) is 36.1 Å². The highest BCUT2D eigenvalue weighted by molar-refractivity contribution is 7.20. The van der Waals surface area contributed by atoms with Crippen LogP contribution in [-0.2, 0) is 6.54 Å². The van der Waals surface area contributed by atoms with Crippen molar-refractivity contribution in [2.24, 2.45) is 0 Å². The number of pyridine rings is 1. The normalized spacial score (nSPS) is 10.8. The number of aromatic nitrogens is 1. The van der Waals surface area contributed by atoms with Gasteiger partial charge < -0.3 is 4.90 Å². The first-order chi connectivity index (χ1) is 10.1. The fourth-order valence-corrected chi connectivity index (χ4v) is 3.22. The topological polar surface area (TPSA) is 33.2 Å². The number of hydrogen-bond acceptors (Lipinski definition) is 3. The summed E-state index contributed by atoms with van der Waals surface area (Å²) in [6.07, 6.45) is 3.39. The lowest BCUT2D eigenvalue weighted by Gasteiger charge is -2.16. The SMILES string of the molecule is CN(Cc1ccncc1)C(=O)c1cc2c(F)cccc2s1. The number of amides is 1. The molecule has 3 rings (SSSR count). The fourth-order valence-electron chi connectivity index (χ4n) is 2.15. The third kappa shape index (κ3) is 2.78. The number of benzene rings is 1. The summed E-state index contributed by atoms with van der Waals surface area (Å²) in [7, 11) is 1.74. The second-order valence-electron chi connectivity index (χ2n) is 4.78. The molecule has 0 fully saturated rings. The van der Waals surface area contributed by atoms with E-state index in [9.17, 15) is 9.18 Å². The second-order valence-corrected chi connectivity index (χ2v) is 5.86. The zero-order valence-corrected chi connectivity index (χ0v) is 12.2. The summed E-state index contributed by atoms with van der Waals surface area (Å²) < 4.78 is 14.5. The number of hydrogen-bond donors (Lipinski definition) is 0. The monoisotopic (exact) mass is 300 g/mol. The maximum absolute atomic E-state index is 13.7. The quantitative estimate of drug-likeness (QED) is 0.739. The Kier molecular flexibility index (Phi) is 3.66. The molecule has 0 atom stereocenters. The zero-order chi connectivity index (χ0) is 14.8. The minimum atomic E-state index is -0.292. The highest BCUT2D eigenvalue weighted by Gasteiger charge is 2.16. The van der Waals surface area contributed by atoms with Crippen molar-refractivity contribution in [1.82, 2.24) is 9.88 Å². The molecule has 0 aliphatic heterocycles. The zero-order valence-electron chi connectivity index (χ0n) is 11.4. The average Bonchev–Trinajstić information content (AvgIpc) is 2.93. The van der Waals surface area contributed by atoms with Gasteiger partial charge in [0.15, 0.2) is 0 Å². The van der Waals surface area contributed by atoms with Crippen LogP contribution in [0.2, 0.25) is 0 Å². The number of nitrogens with zero attached hydrogens (tertiary/aromatic N) is 2. The summed E-state index contributed by atoms with van der Waals surface area (Å²) in [5.74, 6) is -0.396. The molecule has 2 aromatic heterocycles. The number of carbonyl (C=O) groups excluding carboxylic acids is 1. The molecule has 0 spiro atoms. The van der Waals surface area contributed by atoms with E-state index in [0.717, 1.165) is 10.3 Å². The molecule has 21 heavy (non-hydrogen) atoms. The molecule has 0 bridgehead atoms. The molecule has 0 aliphatic carbocycles. The van der Waals surface area contributed by atoms with Gasteiger partial charge in [0.1, 0.15) is 5.82 Å². The van der Waals surface area contributed by atoms with E-state index >= 15 is 0 Å². The van der Waals surface area contributed by atoms with Crippen LogP contribution in [0.15, 0.2) is 48.8 Å². The van der Waals surface area contributed by atoms with Gasteiger partial charge in [0.05, 0.1) is 4.88 Å². The molecule has 0 N–H and O–H groups in total. The van der Waals surface area contributed by atoms with E-state index in [1.807, 2.05) is 18.2 Å². The molecule has 3 aromatic rings. The molecule has 1 amide bonds. The maximum atomic E-state index is 13.7. The third-order valence-corrected chi connectivity index (χ3v) is 4.32. The van der Waals surface area contributed by atoms with E-state index in [1.165, 1.54) is 17.4 Å². The molecule has 1 aromatic carbocycles. The summed E-state index contributed by atoms with van der Waals surface area (Å²) in [6, 6.07) is 10.2. The van der Waals surface area contributed by atoms with Crippen LogP contribution < -0.4 is 0 Å². The number of thiophene rings is 1. The Morgan fingerprint density at radius 1 is 1.29 bits per heavy atom. The molecule has 106 valence electrons. The van der Waals surface area contributed by atoms with Crippen molar-refractivity contribution in [3.8, 4) is 0 Å². The lowest BCUT2D eigenvalue weighted by Crippen LogP contribution is -2.25. The number of halogens is 1. The van der Waals surface area contributed by atoms with E-state index in [2.05, 4.69) is 4.98 Å². The van der Waals surface area contributed by atoms with Crippen LogP contribution in [0.3, 0.4) is 0 Å². The molecule has 2 heterocycles. The molecule has 0 aliphatic rings. The molecule has 0 saturated heterocycles. The standard InChI is InChI=1S/C16H13FN2OS/c1-19(10-11-5-7-18-8-6-11)16(20)15-9-12-13(17)3-2-4-14(12)21-15/h2-9H,10H2,1H3. The van der Waals surface area contributed by atoms with Crippen LogP contribution in [0.25, 0.3) is 10.1 Å². The predicted molar refractivity (Wildman–Crippen MR) is 81.8 cm³/mol. The number of carbonyl (C=O) groups is 1. The highest BCUT2D eigenvalue weighted by atomic mass is 32.1. The Hall–Kier alpha value is -2.27. The van der Waals surface area contributed by atoms with Crippen LogP contribution in [0, 0.1) is 5.82 Å². The molecule has 0 radical (unpaired) electrons. The van der Waals surface area contributed by atoms with Crippen molar-refractivity contribution in [2.45, 2.75) is 6.54 Å². The molecule has 5 heteroatoms. The van der Waals surface area contributed by atoms with E-state index in [4.69, 9.17) is 0 Å². The van der Waals surface area contributed by atoms with Crippen molar-refractivity contribution in [2.75, 3.05) is 7.05 Å². The predicted octanol–water partition coefficient (Wildman–Crippen LogP) is 3.71. The van der Waals surface area contributed by atoms with Crippen LogP contribution in [0.1, 0.15) is 15.2 Å². The van der Waals surface area contributed by atoms with Crippen molar-refractivity contribution < 1.29 is 9.18 Å². The van der Waals surface area contributed by atoms with E-state index < -0.39 is 0 Å². The minimum Gasteiger partial charge on any atom is -0.337 e. The molecule has 0 unspecified atom stereocenters. The summed E-state index contributed by atoms with van der Waals surface area (Å²) >= 11 is 1.31. The van der Waals surface area contributed by atoms with Crippen molar-refractivity contribution in [3.05, 3.63) is 65.0 Å². The Labute approximate surface area is 125 Å². The molecule has 0 saturated carbocycles. The smallest absolute Gasteiger partial charge is 0.264 e. The summed E-state index contributed by atoms with van der Waals surface area (Å²) in [5.41, 5.74) is 1.01. The molecular weight excluding hydrogens is 287 g/mol. The summed E-state index contributed by atoms with van der Waals surface area (Å²) in [5, 5.41) is 0.503. The van der Waals surface area contributed by atoms with Gasteiger partial charge in [-0.05, 0) is 35.9 Å². The largest absolute Gasteiger partial charge is 0.337 e. The van der Waals surface area contributed by atoms with Gasteiger partial charge in [-0.15, -0.1) is 11.3 Å². The Morgan fingerprint density at radius 2 is 2.05 bits per heavy atom. The average molecular weight is 300 g/mol. The lowest BCUT2D eigenvalue weighted by molar-refractivity contribution is 0.0790.